The van der Waals surface area contributed by atoms with Gasteiger partial charge in [0.15, 0.2) is 5.17 Å². The second kappa shape index (κ2) is 11.9. The van der Waals surface area contributed by atoms with E-state index in [4.69, 9.17) is 14.2 Å². The van der Waals surface area contributed by atoms with E-state index in [1.165, 1.54) is 11.8 Å². The third-order valence-corrected chi connectivity index (χ3v) is 7.59. The average molecular weight is 528 g/mol. The predicted octanol–water partition coefficient (Wildman–Crippen LogP) is 4.03. The first-order valence-electron chi connectivity index (χ1n) is 12.6. The summed E-state index contributed by atoms with van der Waals surface area (Å²) in [6, 6.07) is 7.04. The van der Waals surface area contributed by atoms with Gasteiger partial charge in [0.05, 0.1) is 50.0 Å². The highest BCUT2D eigenvalue weighted by molar-refractivity contribution is 8.16. The fourth-order valence-corrected chi connectivity index (χ4v) is 5.82. The highest BCUT2D eigenvalue weighted by atomic mass is 32.2. The number of piperidine rings is 1. The van der Waals surface area contributed by atoms with E-state index in [-0.39, 0.29) is 30.8 Å². The van der Waals surface area contributed by atoms with Crippen LogP contribution < -0.4 is 4.74 Å². The number of rotatable bonds is 8. The monoisotopic (exact) mass is 527 g/mol. The average Bonchev–Trinajstić information content (AvgIpc) is 3.29. The van der Waals surface area contributed by atoms with Crippen LogP contribution in [0.1, 0.15) is 51.6 Å². The van der Waals surface area contributed by atoms with Gasteiger partial charge in [-0.05, 0) is 56.7 Å². The number of carbonyl (C=O) groups excluding carboxylic acids is 3. The summed E-state index contributed by atoms with van der Waals surface area (Å²) < 4.78 is 16.0. The van der Waals surface area contributed by atoms with E-state index < -0.39 is 12.0 Å². The van der Waals surface area contributed by atoms with E-state index in [1.54, 1.807) is 32.8 Å². The number of thioether (sulfide) groups is 1. The van der Waals surface area contributed by atoms with Crippen molar-refractivity contribution >= 4 is 34.8 Å². The lowest BCUT2D eigenvalue weighted by Gasteiger charge is -2.37. The van der Waals surface area contributed by atoms with Crippen molar-refractivity contribution in [1.82, 2.24) is 9.80 Å². The normalized spacial score (nSPS) is 19.7. The van der Waals surface area contributed by atoms with Gasteiger partial charge in [-0.15, -0.1) is 0 Å². The van der Waals surface area contributed by atoms with Gasteiger partial charge >= 0.3 is 11.9 Å². The van der Waals surface area contributed by atoms with Crippen LogP contribution in [0.15, 0.2) is 51.6 Å². The third kappa shape index (κ3) is 5.69. The predicted molar refractivity (Wildman–Crippen MR) is 141 cm³/mol. The molecule has 1 saturated heterocycles. The maximum Gasteiger partial charge on any atom is 0.338 e. The van der Waals surface area contributed by atoms with Crippen molar-refractivity contribution < 1.29 is 28.6 Å². The van der Waals surface area contributed by atoms with Crippen molar-refractivity contribution in [2.45, 2.75) is 46.1 Å². The van der Waals surface area contributed by atoms with Crippen molar-refractivity contribution in [3.05, 3.63) is 52.2 Å². The lowest BCUT2D eigenvalue weighted by molar-refractivity contribution is -0.151. The number of methoxy groups -OCH3 is 1. The molecule has 4 rings (SSSR count). The van der Waals surface area contributed by atoms with Gasteiger partial charge in [0, 0.05) is 18.8 Å². The Morgan fingerprint density at radius 1 is 1.11 bits per heavy atom. The number of likely N-dealkylation sites (tertiary alicyclic amines) is 1. The first-order valence-corrected chi connectivity index (χ1v) is 13.5. The molecule has 0 saturated carbocycles. The Balaban J connectivity index is 1.57. The Morgan fingerprint density at radius 3 is 2.51 bits per heavy atom. The number of hydrogen-bond donors (Lipinski definition) is 0. The summed E-state index contributed by atoms with van der Waals surface area (Å²) in [7, 11) is 1.60. The first kappa shape index (κ1) is 26.8. The van der Waals surface area contributed by atoms with Crippen molar-refractivity contribution in [3.8, 4) is 5.75 Å². The lowest BCUT2D eigenvalue weighted by atomic mass is 9.93. The van der Waals surface area contributed by atoms with Gasteiger partial charge in [0.1, 0.15) is 5.75 Å². The highest BCUT2D eigenvalue weighted by Gasteiger charge is 2.41. The first-order chi connectivity index (χ1) is 17.9. The number of aliphatic imine (C=N–C) groups is 1. The molecule has 9 nitrogen and oxygen atoms in total. The second-order valence-electron chi connectivity index (χ2n) is 8.97. The van der Waals surface area contributed by atoms with Gasteiger partial charge in [-0.1, -0.05) is 23.9 Å². The molecule has 1 fully saturated rings. The minimum absolute atomic E-state index is 0.0243. The van der Waals surface area contributed by atoms with Crippen LogP contribution in [-0.4, -0.2) is 66.2 Å². The molecule has 3 aliphatic rings. The Bertz CT molecular complexity index is 1150. The molecule has 1 amide bonds. The molecule has 0 spiro atoms. The van der Waals surface area contributed by atoms with Gasteiger partial charge in [-0.25, -0.2) is 9.79 Å². The van der Waals surface area contributed by atoms with Crippen LogP contribution in [0.2, 0.25) is 0 Å². The zero-order chi connectivity index (χ0) is 26.5. The summed E-state index contributed by atoms with van der Waals surface area (Å²) in [5.74, 6) is -0.138. The summed E-state index contributed by atoms with van der Waals surface area (Å²) in [5.41, 5.74) is 2.63. The Labute approximate surface area is 221 Å². The van der Waals surface area contributed by atoms with E-state index in [1.807, 2.05) is 34.6 Å². The molecular weight excluding hydrogens is 494 g/mol. The molecule has 1 aromatic carbocycles. The topological polar surface area (TPSA) is 97.7 Å². The summed E-state index contributed by atoms with van der Waals surface area (Å²) in [4.78, 5) is 47.0. The van der Waals surface area contributed by atoms with E-state index in [2.05, 4.69) is 4.99 Å². The molecule has 1 atom stereocenters. The Kier molecular flexibility index (Phi) is 8.58. The molecule has 10 heteroatoms. The Morgan fingerprint density at radius 2 is 1.84 bits per heavy atom. The number of benzene rings is 1. The number of amides is 1. The molecule has 1 aromatic rings. The SMILES string of the molecule is CCOC(=O)C1=C(C)N=C2SC=C(CC(=O)N3CCC(C(=O)OCC)CC3)N2[C@@H]1c1cccc(OC)c1. The van der Waals surface area contributed by atoms with Crippen molar-refractivity contribution in [2.24, 2.45) is 10.9 Å². The number of carbonyl (C=O) groups is 3. The lowest BCUT2D eigenvalue weighted by Crippen LogP contribution is -2.42. The van der Waals surface area contributed by atoms with Gasteiger partial charge in [0.25, 0.3) is 0 Å². The number of nitrogens with zero attached hydrogens (tertiary/aromatic N) is 3. The summed E-state index contributed by atoms with van der Waals surface area (Å²) >= 11 is 1.44. The summed E-state index contributed by atoms with van der Waals surface area (Å²) in [6.45, 7) is 7.00. The van der Waals surface area contributed by atoms with Crippen molar-refractivity contribution in [3.63, 3.8) is 0 Å². The van der Waals surface area contributed by atoms with E-state index in [0.29, 0.717) is 54.7 Å². The molecular formula is C27H33N3O6S. The van der Waals surface area contributed by atoms with E-state index >= 15 is 0 Å². The standard InChI is InChI=1S/C27H33N3O6S/c1-5-35-25(32)18-10-12-29(13-11-18)22(31)15-20-16-37-27-28-17(3)23(26(33)36-6-2)24(30(20)27)19-8-7-9-21(14-19)34-4/h7-9,14,16,18,24H,5-6,10-13,15H2,1-4H3/t24-/m1/s1. The fourth-order valence-electron chi connectivity index (χ4n) is 4.86. The molecule has 0 radical (unpaired) electrons. The summed E-state index contributed by atoms with van der Waals surface area (Å²) in [6.07, 6.45) is 1.35. The molecule has 3 aliphatic heterocycles. The maximum absolute atomic E-state index is 13.3. The largest absolute Gasteiger partial charge is 0.497 e. The van der Waals surface area contributed by atoms with Crippen molar-refractivity contribution in [2.75, 3.05) is 33.4 Å². The van der Waals surface area contributed by atoms with E-state index in [9.17, 15) is 14.4 Å². The van der Waals surface area contributed by atoms with Crippen molar-refractivity contribution in [1.29, 1.82) is 0 Å². The number of ether oxygens (including phenoxy) is 3. The van der Waals surface area contributed by atoms with Crippen LogP contribution in [0.4, 0.5) is 0 Å². The zero-order valence-corrected chi connectivity index (χ0v) is 22.5. The molecule has 0 bridgehead atoms. The fraction of sp³-hybridized carbons (Fsp3) is 0.481. The number of fused-ring (bicyclic) bond motifs is 1. The number of amidine groups is 1. The number of allylic oxidation sites excluding steroid dienone is 1. The second-order valence-corrected chi connectivity index (χ2v) is 9.81. The molecule has 0 unspecified atom stereocenters. The number of esters is 2. The van der Waals surface area contributed by atoms with E-state index in [0.717, 1.165) is 11.3 Å². The van der Waals surface area contributed by atoms with Crippen LogP contribution in [0, 0.1) is 5.92 Å². The molecule has 0 aromatic heterocycles. The van der Waals surface area contributed by atoms with Crippen LogP contribution in [0.5, 0.6) is 5.75 Å². The third-order valence-electron chi connectivity index (χ3n) is 6.71. The minimum atomic E-state index is -0.509. The molecule has 3 heterocycles. The maximum atomic E-state index is 13.3. The van der Waals surface area contributed by atoms with Gasteiger partial charge in [-0.3, -0.25) is 9.59 Å². The van der Waals surface area contributed by atoms with Crippen LogP contribution in [0.3, 0.4) is 0 Å². The molecule has 198 valence electrons. The Hall–Kier alpha value is -3.27. The highest BCUT2D eigenvalue weighted by Crippen LogP contribution is 2.45. The smallest absolute Gasteiger partial charge is 0.338 e. The van der Waals surface area contributed by atoms with Crippen LogP contribution in [0.25, 0.3) is 0 Å². The summed E-state index contributed by atoms with van der Waals surface area (Å²) in [5, 5.41) is 2.64. The minimum Gasteiger partial charge on any atom is -0.497 e. The van der Waals surface area contributed by atoms with Gasteiger partial charge < -0.3 is 24.0 Å². The van der Waals surface area contributed by atoms with Crippen LogP contribution >= 0.6 is 11.8 Å². The van der Waals surface area contributed by atoms with Gasteiger partial charge in [-0.2, -0.15) is 0 Å². The van der Waals surface area contributed by atoms with Crippen LogP contribution in [-0.2, 0) is 23.9 Å². The molecule has 0 aliphatic carbocycles. The molecule has 0 N–H and O–H groups in total. The quantitative estimate of drug-likeness (QED) is 0.468. The number of hydrogen-bond acceptors (Lipinski definition) is 9. The molecule has 37 heavy (non-hydrogen) atoms. The van der Waals surface area contributed by atoms with Gasteiger partial charge in [0.2, 0.25) is 5.91 Å². The zero-order valence-electron chi connectivity index (χ0n) is 21.7.